The fourth-order valence-corrected chi connectivity index (χ4v) is 3.42. The number of rotatable bonds is 6. The number of nitrogens with zero attached hydrogens (tertiary/aromatic N) is 3. The summed E-state index contributed by atoms with van der Waals surface area (Å²) in [5, 5.41) is 0. The molecule has 1 heterocycles. The molecule has 0 N–H and O–H groups in total. The number of likely N-dealkylation sites (N-methyl/N-ethyl adjacent to an activating group) is 1. The van der Waals surface area contributed by atoms with Gasteiger partial charge in [-0.2, -0.15) is 0 Å². The van der Waals surface area contributed by atoms with E-state index in [-0.39, 0.29) is 11.5 Å². The Bertz CT molecular complexity index is 711. The highest BCUT2D eigenvalue weighted by Crippen LogP contribution is 2.33. The lowest BCUT2D eigenvalue weighted by Crippen LogP contribution is -2.43. The molecule has 0 bridgehead atoms. The molecule has 0 atom stereocenters. The van der Waals surface area contributed by atoms with Gasteiger partial charge in [0.25, 0.3) is 0 Å². The Morgan fingerprint density at radius 1 is 1.27 bits per heavy atom. The summed E-state index contributed by atoms with van der Waals surface area (Å²) >= 11 is 0. The maximum atomic E-state index is 12.5. The van der Waals surface area contributed by atoms with Crippen molar-refractivity contribution in [1.29, 1.82) is 0 Å². The zero-order chi connectivity index (χ0) is 18.7. The molecule has 1 amide bonds. The number of carbonyl (C=O) groups excluding carboxylic acids is 1. The molecule has 0 radical (unpaired) electrons. The minimum absolute atomic E-state index is 0.0831. The van der Waals surface area contributed by atoms with E-state index in [1.807, 2.05) is 47.0 Å². The van der Waals surface area contributed by atoms with E-state index in [0.29, 0.717) is 18.4 Å². The van der Waals surface area contributed by atoms with Crippen molar-refractivity contribution in [2.75, 3.05) is 13.6 Å². The number of hydrogen-bond donors (Lipinski definition) is 0. The lowest BCUT2D eigenvalue weighted by Gasteiger charge is -2.40. The van der Waals surface area contributed by atoms with Gasteiger partial charge in [-0.3, -0.25) is 4.79 Å². The van der Waals surface area contributed by atoms with Gasteiger partial charge in [0.05, 0.1) is 24.5 Å². The minimum Gasteiger partial charge on any atom is -0.373 e. The zero-order valence-corrected chi connectivity index (χ0v) is 16.2. The fraction of sp³-hybridized carbons (Fsp3) is 0.524. The summed E-state index contributed by atoms with van der Waals surface area (Å²) in [4.78, 5) is 18.4. The normalized spacial score (nSPS) is 19.8. The SMILES string of the molecule is CN(CC1CC(OC(C)(C)C)C1)C(=O)Cc1ccc(-n2ccnc2)cc1. The number of aromatic nitrogens is 2. The van der Waals surface area contributed by atoms with E-state index in [0.717, 1.165) is 30.6 Å². The summed E-state index contributed by atoms with van der Waals surface area (Å²) < 4.78 is 7.92. The molecule has 1 fully saturated rings. The summed E-state index contributed by atoms with van der Waals surface area (Å²) in [7, 11) is 1.90. The van der Waals surface area contributed by atoms with Gasteiger partial charge in [0, 0.05) is 31.7 Å². The van der Waals surface area contributed by atoms with Gasteiger partial charge in [-0.25, -0.2) is 4.98 Å². The second kappa shape index (κ2) is 7.62. The van der Waals surface area contributed by atoms with Crippen LogP contribution in [0.25, 0.3) is 5.69 Å². The summed E-state index contributed by atoms with van der Waals surface area (Å²) in [5.74, 6) is 0.723. The number of carbonyl (C=O) groups is 1. The Morgan fingerprint density at radius 2 is 1.96 bits per heavy atom. The Labute approximate surface area is 156 Å². The molecule has 2 aromatic rings. The third-order valence-corrected chi connectivity index (χ3v) is 4.76. The van der Waals surface area contributed by atoms with Crippen molar-refractivity contribution < 1.29 is 9.53 Å². The number of amides is 1. The molecule has 0 saturated heterocycles. The standard InChI is InChI=1S/C21H29N3O2/c1-21(2,3)26-19-11-17(12-19)14-23(4)20(25)13-16-5-7-18(8-6-16)24-10-9-22-15-24/h5-10,15,17,19H,11-14H2,1-4H3. The topological polar surface area (TPSA) is 47.4 Å². The fourth-order valence-electron chi connectivity index (χ4n) is 3.42. The maximum absolute atomic E-state index is 12.5. The highest BCUT2D eigenvalue weighted by Gasteiger charge is 2.34. The van der Waals surface area contributed by atoms with E-state index in [4.69, 9.17) is 4.74 Å². The van der Waals surface area contributed by atoms with Crippen LogP contribution < -0.4 is 0 Å². The first-order valence-corrected chi connectivity index (χ1v) is 9.29. The van der Waals surface area contributed by atoms with E-state index in [1.54, 1.807) is 12.5 Å². The van der Waals surface area contributed by atoms with Crippen LogP contribution in [0.5, 0.6) is 0 Å². The summed E-state index contributed by atoms with van der Waals surface area (Å²) in [6, 6.07) is 8.06. The van der Waals surface area contributed by atoms with Crippen LogP contribution in [-0.2, 0) is 16.0 Å². The molecular weight excluding hydrogens is 326 g/mol. The summed E-state index contributed by atoms with van der Waals surface area (Å²) in [5.41, 5.74) is 2.00. The van der Waals surface area contributed by atoms with Crippen molar-refractivity contribution in [3.63, 3.8) is 0 Å². The largest absolute Gasteiger partial charge is 0.373 e. The predicted octanol–water partition coefficient (Wildman–Crippen LogP) is 3.47. The van der Waals surface area contributed by atoms with Crippen LogP contribution in [0.15, 0.2) is 43.0 Å². The molecule has 1 aliphatic rings. The minimum atomic E-state index is -0.0831. The van der Waals surface area contributed by atoms with Crippen molar-refractivity contribution in [2.45, 2.75) is 51.7 Å². The quantitative estimate of drug-likeness (QED) is 0.797. The lowest BCUT2D eigenvalue weighted by atomic mass is 9.81. The summed E-state index contributed by atoms with van der Waals surface area (Å²) in [6.07, 6.45) is 8.31. The van der Waals surface area contributed by atoms with Crippen LogP contribution in [-0.4, -0.2) is 45.7 Å². The molecule has 1 aliphatic carbocycles. The zero-order valence-electron chi connectivity index (χ0n) is 16.2. The number of imidazole rings is 1. The van der Waals surface area contributed by atoms with Crippen LogP contribution in [0.3, 0.4) is 0 Å². The molecule has 1 aromatic carbocycles. The van der Waals surface area contributed by atoms with Gasteiger partial charge in [-0.05, 0) is 57.2 Å². The Hall–Kier alpha value is -2.14. The monoisotopic (exact) mass is 355 g/mol. The molecule has 0 unspecified atom stereocenters. The molecule has 5 heteroatoms. The van der Waals surface area contributed by atoms with Crippen LogP contribution in [0.4, 0.5) is 0 Å². The van der Waals surface area contributed by atoms with Gasteiger partial charge < -0.3 is 14.2 Å². The van der Waals surface area contributed by atoms with Gasteiger partial charge in [-0.1, -0.05) is 12.1 Å². The number of benzene rings is 1. The first-order valence-electron chi connectivity index (χ1n) is 9.29. The first-order chi connectivity index (χ1) is 12.3. The van der Waals surface area contributed by atoms with Crippen LogP contribution >= 0.6 is 0 Å². The molecule has 0 spiro atoms. The number of hydrogen-bond acceptors (Lipinski definition) is 3. The maximum Gasteiger partial charge on any atom is 0.226 e. The van der Waals surface area contributed by atoms with E-state index in [2.05, 4.69) is 25.8 Å². The highest BCUT2D eigenvalue weighted by atomic mass is 16.5. The molecule has 3 rings (SSSR count). The average Bonchev–Trinajstić information content (AvgIpc) is 3.06. The van der Waals surface area contributed by atoms with Crippen molar-refractivity contribution in [3.05, 3.63) is 48.5 Å². The van der Waals surface area contributed by atoms with Gasteiger partial charge in [0.1, 0.15) is 0 Å². The predicted molar refractivity (Wildman–Crippen MR) is 102 cm³/mol. The van der Waals surface area contributed by atoms with Crippen molar-refractivity contribution in [2.24, 2.45) is 5.92 Å². The molecule has 26 heavy (non-hydrogen) atoms. The molecule has 140 valence electrons. The second-order valence-corrected chi connectivity index (χ2v) is 8.28. The van der Waals surface area contributed by atoms with Gasteiger partial charge >= 0.3 is 0 Å². The molecule has 1 saturated carbocycles. The van der Waals surface area contributed by atoms with Gasteiger partial charge in [0.2, 0.25) is 5.91 Å². The van der Waals surface area contributed by atoms with Crippen molar-refractivity contribution in [1.82, 2.24) is 14.5 Å². The van der Waals surface area contributed by atoms with Crippen molar-refractivity contribution >= 4 is 5.91 Å². The Morgan fingerprint density at radius 3 is 2.54 bits per heavy atom. The Kier molecular flexibility index (Phi) is 5.47. The third kappa shape index (κ3) is 4.94. The first kappa shape index (κ1) is 18.6. The number of ether oxygens (including phenoxy) is 1. The second-order valence-electron chi connectivity index (χ2n) is 8.28. The van der Waals surface area contributed by atoms with Gasteiger partial charge in [-0.15, -0.1) is 0 Å². The van der Waals surface area contributed by atoms with E-state index < -0.39 is 0 Å². The average molecular weight is 355 g/mol. The van der Waals surface area contributed by atoms with Gasteiger partial charge in [0.15, 0.2) is 0 Å². The smallest absolute Gasteiger partial charge is 0.226 e. The summed E-state index contributed by atoms with van der Waals surface area (Å²) in [6.45, 7) is 7.09. The van der Waals surface area contributed by atoms with E-state index in [9.17, 15) is 4.79 Å². The third-order valence-electron chi connectivity index (χ3n) is 4.76. The lowest BCUT2D eigenvalue weighted by molar-refractivity contribution is -0.135. The highest BCUT2D eigenvalue weighted by molar-refractivity contribution is 5.78. The molecule has 1 aromatic heterocycles. The Balaban J connectivity index is 1.45. The van der Waals surface area contributed by atoms with Crippen LogP contribution in [0.1, 0.15) is 39.2 Å². The molecule has 5 nitrogen and oxygen atoms in total. The molecule has 0 aliphatic heterocycles. The van der Waals surface area contributed by atoms with E-state index >= 15 is 0 Å². The van der Waals surface area contributed by atoms with E-state index in [1.165, 1.54) is 0 Å². The van der Waals surface area contributed by atoms with Crippen LogP contribution in [0, 0.1) is 5.92 Å². The van der Waals surface area contributed by atoms with Crippen LogP contribution in [0.2, 0.25) is 0 Å². The molecular formula is C21H29N3O2. The van der Waals surface area contributed by atoms with Crippen molar-refractivity contribution in [3.8, 4) is 5.69 Å².